The fraction of sp³-hybridized carbons (Fsp3) is 0.545. The van der Waals surface area contributed by atoms with Crippen molar-refractivity contribution < 1.29 is 23.1 Å². The van der Waals surface area contributed by atoms with Gasteiger partial charge in [-0.3, -0.25) is 4.79 Å². The number of aryl methyl sites for hydroxylation is 1. The highest BCUT2D eigenvalue weighted by atomic mass is 79.9. The van der Waals surface area contributed by atoms with Crippen LogP contribution in [0.15, 0.2) is 16.7 Å². The number of carbonyl (C=O) groups excluding carboxylic acids is 1. The van der Waals surface area contributed by atoms with Gasteiger partial charge in [0.05, 0.1) is 6.54 Å². The van der Waals surface area contributed by atoms with Gasteiger partial charge in [-0.05, 0) is 22.0 Å². The summed E-state index contributed by atoms with van der Waals surface area (Å²) >= 11 is 3.19. The van der Waals surface area contributed by atoms with Gasteiger partial charge in [0.25, 0.3) is 5.91 Å². The number of amides is 1. The molecule has 0 unspecified atom stereocenters. The van der Waals surface area contributed by atoms with Crippen LogP contribution in [0.1, 0.15) is 16.9 Å². The Kier molecular flexibility index (Phi) is 3.42. The molecule has 2 heterocycles. The Bertz CT molecular complexity index is 515. The fourth-order valence-electron chi connectivity index (χ4n) is 2.10. The van der Waals surface area contributed by atoms with Crippen molar-refractivity contribution in [1.29, 1.82) is 0 Å². The molecule has 1 aliphatic rings. The van der Waals surface area contributed by atoms with Crippen LogP contribution in [0, 0.1) is 0 Å². The number of likely N-dealkylation sites (tertiary alicyclic amines) is 1. The molecule has 1 fully saturated rings. The molecule has 0 spiro atoms. The second-order valence-corrected chi connectivity index (χ2v) is 5.58. The third kappa shape index (κ3) is 2.51. The first-order chi connectivity index (χ1) is 8.64. The first kappa shape index (κ1) is 14.4. The van der Waals surface area contributed by atoms with Crippen molar-refractivity contribution in [3.63, 3.8) is 0 Å². The van der Waals surface area contributed by atoms with Gasteiger partial charge < -0.3 is 14.6 Å². The SMILES string of the molecule is Cn1cc(Br)cc1C(=O)N1CC[C@](O)(C(F)(F)F)C1. The predicted octanol–water partition coefficient (Wildman–Crippen LogP) is 1.93. The van der Waals surface area contributed by atoms with Gasteiger partial charge in [0, 0.05) is 30.7 Å². The zero-order valence-electron chi connectivity index (χ0n) is 10.0. The normalized spacial score (nSPS) is 24.0. The summed E-state index contributed by atoms with van der Waals surface area (Å²) in [5, 5.41) is 9.53. The van der Waals surface area contributed by atoms with Crippen molar-refractivity contribution in [2.24, 2.45) is 7.05 Å². The minimum Gasteiger partial charge on any atom is -0.379 e. The number of rotatable bonds is 1. The van der Waals surface area contributed by atoms with Crippen LogP contribution < -0.4 is 0 Å². The van der Waals surface area contributed by atoms with Gasteiger partial charge in [-0.1, -0.05) is 0 Å². The van der Waals surface area contributed by atoms with Gasteiger partial charge in [-0.15, -0.1) is 0 Å². The molecule has 4 nitrogen and oxygen atoms in total. The molecule has 0 aliphatic carbocycles. The number of aliphatic hydroxyl groups is 1. The molecule has 2 rings (SSSR count). The Morgan fingerprint density at radius 2 is 2.16 bits per heavy atom. The molecule has 106 valence electrons. The molecule has 1 saturated heterocycles. The van der Waals surface area contributed by atoms with Gasteiger partial charge in [0.15, 0.2) is 5.60 Å². The van der Waals surface area contributed by atoms with E-state index < -0.39 is 30.7 Å². The van der Waals surface area contributed by atoms with E-state index >= 15 is 0 Å². The van der Waals surface area contributed by atoms with Crippen molar-refractivity contribution in [2.75, 3.05) is 13.1 Å². The number of alkyl halides is 3. The monoisotopic (exact) mass is 340 g/mol. The summed E-state index contributed by atoms with van der Waals surface area (Å²) in [5.74, 6) is -0.520. The molecular formula is C11H12BrF3N2O2. The number of β-amino-alcohol motifs (C(OH)–C–C–N with tert-alkyl or cyclic N) is 1. The maximum Gasteiger partial charge on any atom is 0.419 e. The Labute approximate surface area is 115 Å². The third-order valence-electron chi connectivity index (χ3n) is 3.25. The smallest absolute Gasteiger partial charge is 0.379 e. The summed E-state index contributed by atoms with van der Waals surface area (Å²) in [4.78, 5) is 13.1. The zero-order chi connectivity index (χ0) is 14.4. The Morgan fingerprint density at radius 1 is 1.53 bits per heavy atom. The highest BCUT2D eigenvalue weighted by molar-refractivity contribution is 9.10. The van der Waals surface area contributed by atoms with E-state index in [0.717, 1.165) is 4.90 Å². The summed E-state index contributed by atoms with van der Waals surface area (Å²) in [7, 11) is 1.63. The molecule has 0 aromatic carbocycles. The van der Waals surface area contributed by atoms with E-state index in [9.17, 15) is 23.1 Å². The Hall–Kier alpha value is -1.02. The molecule has 1 atom stereocenters. The molecule has 1 amide bonds. The van der Waals surface area contributed by atoms with E-state index in [1.54, 1.807) is 13.2 Å². The summed E-state index contributed by atoms with van der Waals surface area (Å²) < 4.78 is 40.2. The van der Waals surface area contributed by atoms with Crippen molar-refractivity contribution in [3.8, 4) is 0 Å². The molecule has 1 N–H and O–H groups in total. The van der Waals surface area contributed by atoms with Crippen LogP contribution >= 0.6 is 15.9 Å². The molecule has 1 aromatic rings. The Balaban J connectivity index is 2.18. The Morgan fingerprint density at radius 3 is 2.58 bits per heavy atom. The number of hydrogen-bond donors (Lipinski definition) is 1. The van der Waals surface area contributed by atoms with Crippen LogP contribution in [-0.2, 0) is 7.05 Å². The maximum absolute atomic E-state index is 12.7. The molecule has 0 saturated carbocycles. The van der Waals surface area contributed by atoms with Crippen molar-refractivity contribution in [3.05, 3.63) is 22.4 Å². The number of nitrogens with zero attached hydrogens (tertiary/aromatic N) is 2. The lowest BCUT2D eigenvalue weighted by atomic mass is 10.0. The van der Waals surface area contributed by atoms with Crippen LogP contribution in [0.3, 0.4) is 0 Å². The van der Waals surface area contributed by atoms with E-state index in [1.165, 1.54) is 10.6 Å². The fourth-order valence-corrected chi connectivity index (χ4v) is 2.62. The van der Waals surface area contributed by atoms with E-state index in [4.69, 9.17) is 0 Å². The van der Waals surface area contributed by atoms with Crippen LogP contribution in [0.5, 0.6) is 0 Å². The van der Waals surface area contributed by atoms with Gasteiger partial charge in [-0.25, -0.2) is 0 Å². The standard InChI is InChI=1S/C11H12BrF3N2O2/c1-16-5-7(12)4-8(16)9(18)17-3-2-10(19,6-17)11(13,14)15/h4-5,19H,2-3,6H2,1H3/t10-/m1/s1. The third-order valence-corrected chi connectivity index (χ3v) is 3.69. The molecule has 0 radical (unpaired) electrons. The highest BCUT2D eigenvalue weighted by Gasteiger charge is 2.57. The summed E-state index contributed by atoms with van der Waals surface area (Å²) in [6.45, 7) is -0.838. The summed E-state index contributed by atoms with van der Waals surface area (Å²) in [5.41, 5.74) is -2.52. The molecular weight excluding hydrogens is 329 g/mol. The van der Waals surface area contributed by atoms with Crippen LogP contribution in [0.2, 0.25) is 0 Å². The van der Waals surface area contributed by atoms with Crippen molar-refractivity contribution >= 4 is 21.8 Å². The minimum absolute atomic E-state index is 0.113. The first-order valence-corrected chi connectivity index (χ1v) is 6.33. The molecule has 19 heavy (non-hydrogen) atoms. The van der Waals surface area contributed by atoms with Crippen molar-refractivity contribution in [1.82, 2.24) is 9.47 Å². The quantitative estimate of drug-likeness (QED) is 0.849. The highest BCUT2D eigenvalue weighted by Crippen LogP contribution is 2.38. The second kappa shape index (κ2) is 4.52. The van der Waals surface area contributed by atoms with Crippen LogP contribution in [0.25, 0.3) is 0 Å². The number of hydrogen-bond acceptors (Lipinski definition) is 2. The molecule has 8 heteroatoms. The lowest BCUT2D eigenvalue weighted by molar-refractivity contribution is -0.253. The van der Waals surface area contributed by atoms with E-state index in [2.05, 4.69) is 15.9 Å². The number of halogens is 4. The minimum atomic E-state index is -4.73. The summed E-state index contributed by atoms with van der Waals surface area (Å²) in [6.07, 6.45) is -3.58. The van der Waals surface area contributed by atoms with Gasteiger partial charge in [0.1, 0.15) is 5.69 Å². The first-order valence-electron chi connectivity index (χ1n) is 5.54. The van der Waals surface area contributed by atoms with Crippen LogP contribution in [-0.4, -0.2) is 45.3 Å². The zero-order valence-corrected chi connectivity index (χ0v) is 11.6. The van der Waals surface area contributed by atoms with Crippen molar-refractivity contribution in [2.45, 2.75) is 18.2 Å². The lowest BCUT2D eigenvalue weighted by Gasteiger charge is -2.25. The maximum atomic E-state index is 12.7. The van der Waals surface area contributed by atoms with Gasteiger partial charge in [-0.2, -0.15) is 13.2 Å². The topological polar surface area (TPSA) is 45.5 Å². The summed E-state index contributed by atoms with van der Waals surface area (Å²) in [6, 6.07) is 1.54. The largest absolute Gasteiger partial charge is 0.419 e. The molecule has 0 bridgehead atoms. The molecule has 1 aliphatic heterocycles. The second-order valence-electron chi connectivity index (χ2n) is 4.66. The predicted molar refractivity (Wildman–Crippen MR) is 64.6 cm³/mol. The van der Waals surface area contributed by atoms with Gasteiger partial charge >= 0.3 is 6.18 Å². The molecule has 1 aromatic heterocycles. The van der Waals surface area contributed by atoms with Crippen LogP contribution in [0.4, 0.5) is 13.2 Å². The average molecular weight is 341 g/mol. The average Bonchev–Trinajstić information content (AvgIpc) is 2.81. The van der Waals surface area contributed by atoms with E-state index in [1.807, 2.05) is 0 Å². The van der Waals surface area contributed by atoms with E-state index in [0.29, 0.717) is 4.47 Å². The van der Waals surface area contributed by atoms with E-state index in [-0.39, 0.29) is 12.2 Å². The number of aromatic nitrogens is 1. The lowest BCUT2D eigenvalue weighted by Crippen LogP contribution is -2.48. The number of carbonyl (C=O) groups is 1. The van der Waals surface area contributed by atoms with Gasteiger partial charge in [0.2, 0.25) is 0 Å².